The number of thiazole rings is 1. The average Bonchev–Trinajstić information content (AvgIpc) is 2.98. The fraction of sp³-hybridized carbons (Fsp3) is 0.714. The lowest BCUT2D eigenvalue weighted by atomic mass is 10.0. The van der Waals surface area contributed by atoms with Crippen LogP contribution in [0.3, 0.4) is 0 Å². The van der Waals surface area contributed by atoms with Crippen molar-refractivity contribution < 1.29 is 4.79 Å². The first-order valence-corrected chi connectivity index (χ1v) is 7.80. The smallest absolute Gasteiger partial charge is 0.220 e. The highest BCUT2D eigenvalue weighted by Gasteiger charge is 2.20. The second-order valence-electron chi connectivity index (χ2n) is 5.16. The number of nitrogens with one attached hydrogen (secondary N) is 1. The Balaban J connectivity index is 1.82. The number of rotatable bonds is 5. The van der Waals surface area contributed by atoms with E-state index in [1.807, 2.05) is 6.92 Å². The van der Waals surface area contributed by atoms with Crippen LogP contribution in [0.15, 0.2) is 5.38 Å². The first-order chi connectivity index (χ1) is 8.69. The Morgan fingerprint density at radius 1 is 1.56 bits per heavy atom. The second-order valence-corrected chi connectivity index (χ2v) is 6.11. The molecule has 0 unspecified atom stereocenters. The molecule has 18 heavy (non-hydrogen) atoms. The fourth-order valence-corrected chi connectivity index (χ4v) is 3.38. The van der Waals surface area contributed by atoms with Gasteiger partial charge in [0.05, 0.1) is 16.7 Å². The largest absolute Gasteiger partial charge is 0.348 e. The Morgan fingerprint density at radius 3 is 2.89 bits per heavy atom. The molecule has 0 saturated heterocycles. The van der Waals surface area contributed by atoms with Gasteiger partial charge in [-0.15, -0.1) is 11.3 Å². The Bertz CT molecular complexity index is 396. The summed E-state index contributed by atoms with van der Waals surface area (Å²) in [6, 6.07) is 0.0375. The Kier molecular flexibility index (Phi) is 4.75. The average molecular weight is 266 g/mol. The standard InChI is InChI=1S/C14H22N2OS/c1-3-14-16-12(9-18-14)10(2)15-13(17)8-11-6-4-5-7-11/h9-11H,3-8H2,1-2H3,(H,15,17)/t10-/m1/s1. The van der Waals surface area contributed by atoms with Gasteiger partial charge in [0.15, 0.2) is 0 Å². The second kappa shape index (κ2) is 6.32. The summed E-state index contributed by atoms with van der Waals surface area (Å²) in [5, 5.41) is 6.26. The van der Waals surface area contributed by atoms with E-state index in [0.717, 1.165) is 17.1 Å². The SMILES string of the molecule is CCc1nc([C@@H](C)NC(=O)CC2CCCC2)cs1. The van der Waals surface area contributed by atoms with Crippen LogP contribution in [-0.4, -0.2) is 10.9 Å². The van der Waals surface area contributed by atoms with Crippen molar-refractivity contribution in [3.63, 3.8) is 0 Å². The third-order valence-electron chi connectivity index (χ3n) is 3.64. The van der Waals surface area contributed by atoms with E-state index >= 15 is 0 Å². The maximum absolute atomic E-state index is 11.9. The van der Waals surface area contributed by atoms with Crippen molar-refractivity contribution in [2.45, 2.75) is 58.4 Å². The van der Waals surface area contributed by atoms with Crippen LogP contribution >= 0.6 is 11.3 Å². The van der Waals surface area contributed by atoms with E-state index < -0.39 is 0 Å². The summed E-state index contributed by atoms with van der Waals surface area (Å²) in [5.74, 6) is 0.791. The summed E-state index contributed by atoms with van der Waals surface area (Å²) < 4.78 is 0. The first kappa shape index (κ1) is 13.5. The van der Waals surface area contributed by atoms with Crippen LogP contribution in [0.5, 0.6) is 0 Å². The highest BCUT2D eigenvalue weighted by molar-refractivity contribution is 7.09. The monoisotopic (exact) mass is 266 g/mol. The minimum Gasteiger partial charge on any atom is -0.348 e. The van der Waals surface area contributed by atoms with Crippen molar-refractivity contribution in [3.8, 4) is 0 Å². The summed E-state index contributed by atoms with van der Waals surface area (Å²) in [7, 11) is 0. The minimum absolute atomic E-state index is 0.0375. The Hall–Kier alpha value is -0.900. The molecule has 3 nitrogen and oxygen atoms in total. The van der Waals surface area contributed by atoms with Crippen molar-refractivity contribution in [3.05, 3.63) is 16.1 Å². The molecule has 1 aliphatic carbocycles. The molecule has 1 aromatic rings. The maximum Gasteiger partial charge on any atom is 0.220 e. The van der Waals surface area contributed by atoms with Gasteiger partial charge >= 0.3 is 0 Å². The summed E-state index contributed by atoms with van der Waals surface area (Å²) >= 11 is 1.68. The van der Waals surface area contributed by atoms with Crippen LogP contribution in [0.4, 0.5) is 0 Å². The maximum atomic E-state index is 11.9. The summed E-state index contributed by atoms with van der Waals surface area (Å²) in [6.07, 6.45) is 6.68. The highest BCUT2D eigenvalue weighted by atomic mass is 32.1. The summed E-state index contributed by atoms with van der Waals surface area (Å²) in [6.45, 7) is 4.12. The molecule has 0 spiro atoms. The number of carbonyl (C=O) groups excluding carboxylic acids is 1. The molecule has 0 bridgehead atoms. The fourth-order valence-electron chi connectivity index (χ4n) is 2.54. The van der Waals surface area contributed by atoms with Crippen molar-refractivity contribution in [1.82, 2.24) is 10.3 Å². The number of aryl methyl sites for hydroxylation is 1. The lowest BCUT2D eigenvalue weighted by Gasteiger charge is -2.14. The summed E-state index contributed by atoms with van der Waals surface area (Å²) in [5.41, 5.74) is 0.997. The molecule has 1 aromatic heterocycles. The number of hydrogen-bond donors (Lipinski definition) is 1. The van der Waals surface area contributed by atoms with Crippen LogP contribution in [0, 0.1) is 5.92 Å². The quantitative estimate of drug-likeness (QED) is 0.886. The number of amides is 1. The zero-order valence-electron chi connectivity index (χ0n) is 11.2. The zero-order valence-corrected chi connectivity index (χ0v) is 12.1. The number of aromatic nitrogens is 1. The molecular formula is C14H22N2OS. The number of carbonyl (C=O) groups is 1. The van der Waals surface area contributed by atoms with E-state index in [4.69, 9.17) is 0 Å². The molecule has 1 aliphatic rings. The van der Waals surface area contributed by atoms with Gasteiger partial charge in [-0.2, -0.15) is 0 Å². The van der Waals surface area contributed by atoms with Gasteiger partial charge in [0.25, 0.3) is 0 Å². The van der Waals surface area contributed by atoms with Gasteiger partial charge < -0.3 is 5.32 Å². The van der Waals surface area contributed by atoms with Gasteiger partial charge in [0, 0.05) is 11.8 Å². The molecule has 100 valence electrons. The van der Waals surface area contributed by atoms with E-state index in [2.05, 4.69) is 22.6 Å². The lowest BCUT2D eigenvalue weighted by molar-refractivity contribution is -0.122. The van der Waals surface area contributed by atoms with E-state index in [0.29, 0.717) is 12.3 Å². The summed E-state index contributed by atoms with van der Waals surface area (Å²) in [4.78, 5) is 16.4. The third-order valence-corrected chi connectivity index (χ3v) is 4.65. The van der Waals surface area contributed by atoms with Crippen molar-refractivity contribution >= 4 is 17.2 Å². The number of nitrogens with zero attached hydrogens (tertiary/aromatic N) is 1. The van der Waals surface area contributed by atoms with Crippen LogP contribution in [0.25, 0.3) is 0 Å². The van der Waals surface area contributed by atoms with Crippen LogP contribution in [-0.2, 0) is 11.2 Å². The molecule has 0 aromatic carbocycles. The van der Waals surface area contributed by atoms with Crippen molar-refractivity contribution in [1.29, 1.82) is 0 Å². The molecule has 0 aliphatic heterocycles. The van der Waals surface area contributed by atoms with Gasteiger partial charge in [-0.1, -0.05) is 19.8 Å². The van der Waals surface area contributed by atoms with Gasteiger partial charge in [0.1, 0.15) is 0 Å². The van der Waals surface area contributed by atoms with E-state index in [1.165, 1.54) is 25.7 Å². The van der Waals surface area contributed by atoms with Crippen molar-refractivity contribution in [2.75, 3.05) is 0 Å². The normalized spacial score (nSPS) is 17.9. The van der Waals surface area contributed by atoms with Gasteiger partial charge in [-0.25, -0.2) is 4.98 Å². The number of hydrogen-bond acceptors (Lipinski definition) is 3. The minimum atomic E-state index is 0.0375. The van der Waals surface area contributed by atoms with E-state index in [1.54, 1.807) is 11.3 Å². The molecule has 1 atom stereocenters. The first-order valence-electron chi connectivity index (χ1n) is 6.92. The molecule has 1 fully saturated rings. The lowest BCUT2D eigenvalue weighted by Crippen LogP contribution is -2.28. The van der Waals surface area contributed by atoms with Crippen LogP contribution in [0.2, 0.25) is 0 Å². The van der Waals surface area contributed by atoms with Crippen LogP contribution in [0.1, 0.15) is 62.7 Å². The predicted octanol–water partition coefficient (Wildman–Crippen LogP) is 3.46. The van der Waals surface area contributed by atoms with Crippen LogP contribution < -0.4 is 5.32 Å². The molecular weight excluding hydrogens is 244 g/mol. The molecule has 0 radical (unpaired) electrons. The molecule has 4 heteroatoms. The van der Waals surface area contributed by atoms with Crippen molar-refractivity contribution in [2.24, 2.45) is 5.92 Å². The zero-order chi connectivity index (χ0) is 13.0. The molecule has 1 saturated carbocycles. The Morgan fingerprint density at radius 2 is 2.28 bits per heavy atom. The molecule has 1 heterocycles. The topological polar surface area (TPSA) is 42.0 Å². The Labute approximate surface area is 113 Å². The van der Waals surface area contributed by atoms with Gasteiger partial charge in [-0.05, 0) is 32.1 Å². The predicted molar refractivity (Wildman–Crippen MR) is 74.6 cm³/mol. The molecule has 2 rings (SSSR count). The van der Waals surface area contributed by atoms with Gasteiger partial charge in [0.2, 0.25) is 5.91 Å². The van der Waals surface area contributed by atoms with E-state index in [-0.39, 0.29) is 11.9 Å². The third kappa shape index (κ3) is 3.55. The molecule has 1 amide bonds. The molecule has 1 N–H and O–H groups in total. The van der Waals surface area contributed by atoms with E-state index in [9.17, 15) is 4.79 Å². The highest BCUT2D eigenvalue weighted by Crippen LogP contribution is 2.27. The van der Waals surface area contributed by atoms with Gasteiger partial charge in [-0.3, -0.25) is 4.79 Å².